The molecule has 112 valence electrons. The normalized spacial score (nSPS) is 16.9. The SMILES string of the molecule is c1ccc(C2(c3noc(Cn4cnnc4)n3)CCCC2)cc1. The highest BCUT2D eigenvalue weighted by molar-refractivity contribution is 5.33. The molecule has 0 unspecified atom stereocenters. The van der Waals surface area contributed by atoms with Gasteiger partial charge in [0.1, 0.15) is 19.2 Å². The van der Waals surface area contributed by atoms with Crippen molar-refractivity contribution in [2.24, 2.45) is 0 Å². The Balaban J connectivity index is 1.68. The van der Waals surface area contributed by atoms with Crippen LogP contribution >= 0.6 is 0 Å². The molecule has 0 saturated heterocycles. The zero-order valence-electron chi connectivity index (χ0n) is 12.2. The Hall–Kier alpha value is -2.50. The molecular weight excluding hydrogens is 278 g/mol. The van der Waals surface area contributed by atoms with E-state index in [2.05, 4.69) is 44.6 Å². The Labute approximate surface area is 128 Å². The minimum atomic E-state index is -0.101. The van der Waals surface area contributed by atoms with Crippen LogP contribution in [0.15, 0.2) is 47.5 Å². The Morgan fingerprint density at radius 1 is 1.05 bits per heavy atom. The first-order chi connectivity index (χ1) is 10.9. The summed E-state index contributed by atoms with van der Waals surface area (Å²) < 4.78 is 7.28. The monoisotopic (exact) mass is 295 g/mol. The van der Waals surface area contributed by atoms with Gasteiger partial charge in [-0.2, -0.15) is 4.98 Å². The van der Waals surface area contributed by atoms with Crippen molar-refractivity contribution in [2.45, 2.75) is 37.6 Å². The second-order valence-electron chi connectivity index (χ2n) is 5.80. The summed E-state index contributed by atoms with van der Waals surface area (Å²) >= 11 is 0. The standard InChI is InChI=1S/C16H17N5O/c1-2-6-13(7-3-1)16(8-4-5-9-16)15-19-14(22-20-15)10-21-11-17-18-12-21/h1-3,6-7,11-12H,4-5,8-10H2. The number of hydrogen-bond acceptors (Lipinski definition) is 5. The summed E-state index contributed by atoms with van der Waals surface area (Å²) in [6.07, 6.45) is 7.83. The van der Waals surface area contributed by atoms with Crippen molar-refractivity contribution >= 4 is 0 Å². The van der Waals surface area contributed by atoms with Crippen LogP contribution < -0.4 is 0 Å². The number of benzene rings is 1. The van der Waals surface area contributed by atoms with E-state index < -0.39 is 0 Å². The second kappa shape index (κ2) is 5.36. The fraction of sp³-hybridized carbons (Fsp3) is 0.375. The van der Waals surface area contributed by atoms with Gasteiger partial charge in [0, 0.05) is 0 Å². The Kier molecular flexibility index (Phi) is 3.21. The van der Waals surface area contributed by atoms with Crippen LogP contribution in [-0.2, 0) is 12.0 Å². The number of hydrogen-bond donors (Lipinski definition) is 0. The molecule has 1 saturated carbocycles. The highest BCUT2D eigenvalue weighted by Gasteiger charge is 2.41. The molecule has 2 aromatic heterocycles. The van der Waals surface area contributed by atoms with Gasteiger partial charge in [0.05, 0.1) is 5.41 Å². The van der Waals surface area contributed by atoms with E-state index >= 15 is 0 Å². The first kappa shape index (κ1) is 13.2. The molecule has 1 aliphatic rings. The third kappa shape index (κ3) is 2.20. The maximum atomic E-state index is 5.46. The molecule has 4 rings (SSSR count). The average molecular weight is 295 g/mol. The molecule has 6 nitrogen and oxygen atoms in total. The van der Waals surface area contributed by atoms with Crippen LogP contribution in [0.4, 0.5) is 0 Å². The van der Waals surface area contributed by atoms with E-state index in [9.17, 15) is 0 Å². The predicted molar refractivity (Wildman–Crippen MR) is 79.1 cm³/mol. The van der Waals surface area contributed by atoms with E-state index in [0.717, 1.165) is 18.7 Å². The molecule has 0 N–H and O–H groups in total. The van der Waals surface area contributed by atoms with Gasteiger partial charge in [-0.25, -0.2) is 0 Å². The molecular formula is C16H17N5O. The first-order valence-corrected chi connectivity index (χ1v) is 7.58. The third-order valence-corrected chi connectivity index (χ3v) is 4.46. The van der Waals surface area contributed by atoms with Gasteiger partial charge in [0.15, 0.2) is 5.82 Å². The molecule has 0 aliphatic heterocycles. The van der Waals surface area contributed by atoms with Crippen molar-refractivity contribution in [3.63, 3.8) is 0 Å². The lowest BCUT2D eigenvalue weighted by molar-refractivity contribution is 0.354. The Morgan fingerprint density at radius 3 is 2.50 bits per heavy atom. The summed E-state index contributed by atoms with van der Waals surface area (Å²) in [5.74, 6) is 1.40. The number of rotatable bonds is 4. The van der Waals surface area contributed by atoms with E-state index in [1.807, 2.05) is 10.6 Å². The van der Waals surface area contributed by atoms with Crippen LogP contribution in [0.25, 0.3) is 0 Å². The highest BCUT2D eigenvalue weighted by atomic mass is 16.5. The molecule has 22 heavy (non-hydrogen) atoms. The number of aromatic nitrogens is 5. The Morgan fingerprint density at radius 2 is 1.77 bits per heavy atom. The van der Waals surface area contributed by atoms with Gasteiger partial charge in [-0.3, -0.25) is 0 Å². The van der Waals surface area contributed by atoms with Crippen molar-refractivity contribution in [1.82, 2.24) is 24.9 Å². The molecule has 0 spiro atoms. The summed E-state index contributed by atoms with van der Waals surface area (Å²) in [5, 5.41) is 11.9. The van der Waals surface area contributed by atoms with Crippen molar-refractivity contribution in [1.29, 1.82) is 0 Å². The second-order valence-corrected chi connectivity index (χ2v) is 5.80. The first-order valence-electron chi connectivity index (χ1n) is 7.58. The molecule has 1 aliphatic carbocycles. The quantitative estimate of drug-likeness (QED) is 0.740. The molecule has 0 amide bonds. The molecule has 0 bridgehead atoms. The summed E-state index contributed by atoms with van der Waals surface area (Å²) in [7, 11) is 0. The molecule has 2 heterocycles. The van der Waals surface area contributed by atoms with E-state index in [1.54, 1.807) is 12.7 Å². The predicted octanol–water partition coefficient (Wildman–Crippen LogP) is 2.57. The fourth-order valence-electron chi connectivity index (χ4n) is 3.35. The van der Waals surface area contributed by atoms with Crippen LogP contribution in [0.2, 0.25) is 0 Å². The van der Waals surface area contributed by atoms with Crippen molar-refractivity contribution in [3.8, 4) is 0 Å². The zero-order chi connectivity index (χ0) is 14.8. The van der Waals surface area contributed by atoms with Crippen molar-refractivity contribution in [2.75, 3.05) is 0 Å². The van der Waals surface area contributed by atoms with Gasteiger partial charge in [0.2, 0.25) is 5.89 Å². The van der Waals surface area contributed by atoms with Gasteiger partial charge in [-0.1, -0.05) is 48.3 Å². The molecule has 1 aromatic carbocycles. The van der Waals surface area contributed by atoms with Crippen molar-refractivity contribution in [3.05, 3.63) is 60.3 Å². The summed E-state index contributed by atoms with van der Waals surface area (Å²) in [4.78, 5) is 4.66. The third-order valence-electron chi connectivity index (χ3n) is 4.46. The lowest BCUT2D eigenvalue weighted by Crippen LogP contribution is -2.25. The van der Waals surface area contributed by atoms with Crippen LogP contribution in [-0.4, -0.2) is 24.9 Å². The minimum Gasteiger partial charge on any atom is -0.337 e. The minimum absolute atomic E-state index is 0.101. The number of nitrogens with zero attached hydrogens (tertiary/aromatic N) is 5. The van der Waals surface area contributed by atoms with E-state index in [1.165, 1.54) is 18.4 Å². The van der Waals surface area contributed by atoms with E-state index in [0.29, 0.717) is 12.4 Å². The summed E-state index contributed by atoms with van der Waals surface area (Å²) in [6, 6.07) is 10.5. The molecule has 0 atom stereocenters. The van der Waals surface area contributed by atoms with Gasteiger partial charge in [-0.15, -0.1) is 10.2 Å². The maximum absolute atomic E-state index is 5.46. The van der Waals surface area contributed by atoms with Gasteiger partial charge >= 0.3 is 0 Å². The molecule has 1 fully saturated rings. The van der Waals surface area contributed by atoms with Gasteiger partial charge < -0.3 is 9.09 Å². The van der Waals surface area contributed by atoms with Crippen LogP contribution in [0.1, 0.15) is 43.0 Å². The van der Waals surface area contributed by atoms with Crippen LogP contribution in [0, 0.1) is 0 Å². The average Bonchev–Trinajstić information content (AvgIpc) is 3.30. The lowest BCUT2D eigenvalue weighted by Gasteiger charge is -2.25. The maximum Gasteiger partial charge on any atom is 0.246 e. The molecule has 6 heteroatoms. The van der Waals surface area contributed by atoms with Crippen molar-refractivity contribution < 1.29 is 4.52 Å². The lowest BCUT2D eigenvalue weighted by atomic mass is 9.78. The fourth-order valence-corrected chi connectivity index (χ4v) is 3.35. The topological polar surface area (TPSA) is 69.6 Å². The smallest absolute Gasteiger partial charge is 0.246 e. The Bertz CT molecular complexity index is 729. The summed E-state index contributed by atoms with van der Waals surface area (Å²) in [5.41, 5.74) is 1.18. The van der Waals surface area contributed by atoms with E-state index in [-0.39, 0.29) is 5.41 Å². The van der Waals surface area contributed by atoms with Crippen LogP contribution in [0.5, 0.6) is 0 Å². The largest absolute Gasteiger partial charge is 0.337 e. The van der Waals surface area contributed by atoms with Crippen LogP contribution in [0.3, 0.4) is 0 Å². The molecule has 3 aromatic rings. The molecule has 0 radical (unpaired) electrons. The zero-order valence-corrected chi connectivity index (χ0v) is 12.2. The summed E-state index contributed by atoms with van der Waals surface area (Å²) in [6.45, 7) is 0.505. The van der Waals surface area contributed by atoms with Gasteiger partial charge in [-0.05, 0) is 18.4 Å². The highest BCUT2D eigenvalue weighted by Crippen LogP contribution is 2.45. The van der Waals surface area contributed by atoms with E-state index in [4.69, 9.17) is 4.52 Å². The van der Waals surface area contributed by atoms with Gasteiger partial charge in [0.25, 0.3) is 0 Å².